The Labute approximate surface area is 497 Å². The highest BCUT2D eigenvalue weighted by molar-refractivity contribution is 8.15. The van der Waals surface area contributed by atoms with Crippen LogP contribution < -0.4 is 31.9 Å². The first-order chi connectivity index (χ1) is 37.4. The highest BCUT2D eigenvalue weighted by atomic mass is 32.2. The minimum Gasteiger partial charge on any atom is -0.392 e. The summed E-state index contributed by atoms with van der Waals surface area (Å²) < 4.78 is 0. The molecule has 0 saturated heterocycles. The summed E-state index contributed by atoms with van der Waals surface area (Å²) in [6.07, 6.45) is 14.6. The molecule has 2 aromatic carbocycles. The van der Waals surface area contributed by atoms with E-state index in [0.29, 0.717) is 57.1 Å². The van der Waals surface area contributed by atoms with Crippen LogP contribution in [0, 0.1) is 35.5 Å². The average Bonchev–Trinajstić information content (AvgIpc) is 4.28. The van der Waals surface area contributed by atoms with Crippen molar-refractivity contribution < 1.29 is 40.2 Å². The predicted octanol–water partition coefficient (Wildman–Crippen LogP) is 5.80. The van der Waals surface area contributed by atoms with Gasteiger partial charge in [0.2, 0.25) is 10.2 Å². The summed E-state index contributed by atoms with van der Waals surface area (Å²) in [5.41, 5.74) is 1.43. The molecular weight excluding hydrogens is 1100 g/mol. The third kappa shape index (κ3) is 26.5. The lowest BCUT2D eigenvalue weighted by Crippen LogP contribution is -2.17. The molecule has 0 unspecified atom stereocenters. The number of rotatable bonds is 18. The summed E-state index contributed by atoms with van der Waals surface area (Å²) in [4.78, 5) is 24.1. The van der Waals surface area contributed by atoms with E-state index >= 15 is 0 Å². The number of carbonyl (C=O) groups excluding carboxylic acids is 2. The van der Waals surface area contributed by atoms with Gasteiger partial charge in [-0.3, -0.25) is 9.59 Å². The molecule has 6 aliphatic carbocycles. The largest absolute Gasteiger partial charge is 0.392 e. The van der Waals surface area contributed by atoms with Crippen LogP contribution in [-0.4, -0.2) is 203 Å². The van der Waals surface area contributed by atoms with Crippen LogP contribution in [0.4, 0.5) is 0 Å². The zero-order valence-electron chi connectivity index (χ0n) is 47.9. The monoisotopic (exact) mass is 1200 g/mol. The van der Waals surface area contributed by atoms with Gasteiger partial charge in [-0.15, -0.1) is 0 Å². The van der Waals surface area contributed by atoms with Crippen molar-refractivity contribution in [3.05, 3.63) is 71.8 Å². The Bertz CT molecular complexity index is 1730. The first-order valence-electron chi connectivity index (χ1n) is 28.3. The average molecular weight is 1200 g/mol. The lowest BCUT2D eigenvalue weighted by Gasteiger charge is -2.12. The van der Waals surface area contributed by atoms with Crippen LogP contribution in [0.15, 0.2) is 60.7 Å². The van der Waals surface area contributed by atoms with E-state index in [0.717, 1.165) is 103 Å². The van der Waals surface area contributed by atoms with E-state index in [1.165, 1.54) is 36.4 Å². The maximum Gasteiger partial charge on any atom is 0.219 e. The molecule has 0 aromatic heterocycles. The summed E-state index contributed by atoms with van der Waals surface area (Å²) in [5.74, 6) is 3.59. The Balaban J connectivity index is 0.000000251. The number of aliphatic hydroxyl groups is 6. The molecule has 0 aliphatic heterocycles. The van der Waals surface area contributed by atoms with Crippen molar-refractivity contribution in [2.45, 2.75) is 145 Å². The molecule has 0 amide bonds. The Kier molecular flexibility index (Phi) is 37.3. The van der Waals surface area contributed by atoms with Gasteiger partial charge in [0, 0.05) is 42.6 Å². The minimum atomic E-state index is -0.360. The standard InChI is InChI=1S/2C14H19NO2S.2C8H17NOS.2C7H15NOS/c2*1-15-9-10-7-12(16)13(8-10)18-14(17)11-5-3-2-4-6-11;2*1-9-5-6-3-7(10)8(4-6)11-2;2*1-8-4-5-2-6(9)7(10)3-5/h2*2-6,10,12-13,15-16H,7-9H2,1H3;2*6-10H,3-5H2,1-2H3;2*5-10H,2-4H2,1H3/t2*10-,12+,13+;2*6-,7+,8+;2*5-,6+,7+/m101010/s1. The van der Waals surface area contributed by atoms with Gasteiger partial charge in [0.25, 0.3) is 0 Å². The maximum absolute atomic E-state index is 12.0. The summed E-state index contributed by atoms with van der Waals surface area (Å²) in [7, 11) is 11.7. The first-order valence-corrected chi connectivity index (χ1v) is 33.7. The summed E-state index contributed by atoms with van der Waals surface area (Å²) in [6, 6.07) is 18.5. The van der Waals surface area contributed by atoms with Gasteiger partial charge in [-0.05, 0) is 207 Å². The van der Waals surface area contributed by atoms with Crippen LogP contribution in [0.25, 0.3) is 0 Å². The second-order valence-corrected chi connectivity index (χ2v) is 28.0. The number of carbonyl (C=O) groups is 2. The highest BCUT2D eigenvalue weighted by Crippen LogP contribution is 2.38. The fourth-order valence-corrected chi connectivity index (χ4v) is 16.5. The van der Waals surface area contributed by atoms with Gasteiger partial charge < -0.3 is 62.5 Å². The van der Waals surface area contributed by atoms with E-state index in [1.54, 1.807) is 23.5 Å². The van der Waals surface area contributed by atoms with Crippen LogP contribution >= 0.6 is 72.3 Å². The second-order valence-electron chi connectivity index (χ2n) is 22.1. The summed E-state index contributed by atoms with van der Waals surface area (Å²) >= 11 is 14.7. The van der Waals surface area contributed by atoms with Gasteiger partial charge in [0.1, 0.15) is 0 Å². The lowest BCUT2D eigenvalue weighted by molar-refractivity contribution is 0.107. The van der Waals surface area contributed by atoms with Gasteiger partial charge in [-0.1, -0.05) is 84.2 Å². The molecular formula is C58H102N6O8S6. The minimum absolute atomic E-state index is 0.0380. The number of hydrogen-bond donors (Lipinski definition) is 14. The Hall–Kier alpha value is -0.600. The molecule has 0 spiro atoms. The molecule has 0 bridgehead atoms. The Morgan fingerprint density at radius 2 is 0.615 bits per heavy atom. The second kappa shape index (κ2) is 40.6. The van der Waals surface area contributed by atoms with E-state index in [1.807, 2.05) is 103 Å². The van der Waals surface area contributed by atoms with E-state index in [2.05, 4.69) is 69.7 Å². The molecule has 0 heterocycles. The normalized spacial score (nSPS) is 33.7. The summed E-state index contributed by atoms with van der Waals surface area (Å²) in [6.45, 7) is 5.94. The molecule has 18 atom stereocenters. The molecule has 0 radical (unpaired) electrons. The van der Waals surface area contributed by atoms with Crippen molar-refractivity contribution in [2.75, 3.05) is 94.1 Å². The van der Waals surface area contributed by atoms with E-state index in [4.69, 9.17) is 0 Å². The van der Waals surface area contributed by atoms with Crippen molar-refractivity contribution in [1.82, 2.24) is 31.9 Å². The number of thiol groups is 2. The van der Waals surface area contributed by atoms with E-state index in [9.17, 15) is 40.2 Å². The SMILES string of the molecule is CNC[C@@H]1C[C@H](O)[C@@H](S)C1.CNC[C@H]1C[C@@H](O)[C@H](S)C1.CNC[C@H]1C[C@@H](O)[C@H](SC(=O)c2ccccc2)C1.CNC[C@H]1C[C@@H](O)[C@H](SC)C1.CNC[C@H]1C[C@H](SC(=O)c2ccccc2)[C@@H](O)C1.CNC[C@H]1C[C@H](SC)[C@@H](O)C1. The van der Waals surface area contributed by atoms with Crippen LogP contribution in [0.1, 0.15) is 97.8 Å². The third-order valence-electron chi connectivity index (χ3n) is 15.6. The number of nitrogens with one attached hydrogen (secondary N) is 6. The van der Waals surface area contributed by atoms with Crippen molar-refractivity contribution in [3.8, 4) is 0 Å². The molecule has 20 heteroatoms. The number of aliphatic hydroxyl groups excluding tert-OH is 6. The molecule has 78 heavy (non-hydrogen) atoms. The van der Waals surface area contributed by atoms with Crippen molar-refractivity contribution in [3.63, 3.8) is 0 Å². The quantitative estimate of drug-likeness (QED) is 0.0791. The smallest absolute Gasteiger partial charge is 0.219 e. The fourth-order valence-electron chi connectivity index (χ4n) is 11.5. The molecule has 6 fully saturated rings. The predicted molar refractivity (Wildman–Crippen MR) is 340 cm³/mol. The number of hydrogen-bond acceptors (Lipinski definition) is 20. The van der Waals surface area contributed by atoms with Gasteiger partial charge in [0.15, 0.2) is 0 Å². The molecule has 2 aromatic rings. The fraction of sp³-hybridized carbons (Fsp3) is 0.759. The van der Waals surface area contributed by atoms with Crippen LogP contribution in [0.5, 0.6) is 0 Å². The Morgan fingerprint density at radius 1 is 0.385 bits per heavy atom. The van der Waals surface area contributed by atoms with Crippen molar-refractivity contribution in [1.29, 1.82) is 0 Å². The van der Waals surface area contributed by atoms with Gasteiger partial charge >= 0.3 is 0 Å². The van der Waals surface area contributed by atoms with E-state index < -0.39 is 0 Å². The molecule has 6 aliphatic rings. The zero-order chi connectivity index (χ0) is 57.6. The number of benzene rings is 2. The third-order valence-corrected chi connectivity index (χ3v) is 21.4. The molecule has 14 nitrogen and oxygen atoms in total. The van der Waals surface area contributed by atoms with E-state index in [-0.39, 0.29) is 67.9 Å². The number of thioether (sulfide) groups is 4. The van der Waals surface area contributed by atoms with Crippen LogP contribution in [0.2, 0.25) is 0 Å². The molecule has 12 N–H and O–H groups in total. The Morgan fingerprint density at radius 3 is 0.833 bits per heavy atom. The van der Waals surface area contributed by atoms with Gasteiger partial charge in [-0.25, -0.2) is 0 Å². The summed E-state index contributed by atoms with van der Waals surface area (Å²) in [5, 5.41) is 78.0. The molecule has 448 valence electrons. The molecule has 8 rings (SSSR count). The van der Waals surface area contributed by atoms with Crippen molar-refractivity contribution >= 4 is 82.5 Å². The van der Waals surface area contributed by atoms with Crippen LogP contribution in [0.3, 0.4) is 0 Å². The zero-order valence-corrected chi connectivity index (χ0v) is 53.0. The molecule has 6 saturated carbocycles. The lowest BCUT2D eigenvalue weighted by atomic mass is 10.1. The van der Waals surface area contributed by atoms with Crippen LogP contribution in [-0.2, 0) is 0 Å². The first kappa shape index (κ1) is 71.7. The van der Waals surface area contributed by atoms with Gasteiger partial charge in [-0.2, -0.15) is 48.8 Å². The van der Waals surface area contributed by atoms with Gasteiger partial charge in [0.05, 0.1) is 36.6 Å². The topological polar surface area (TPSA) is 228 Å². The van der Waals surface area contributed by atoms with Crippen molar-refractivity contribution in [2.24, 2.45) is 35.5 Å². The maximum atomic E-state index is 12.0. The highest BCUT2D eigenvalue weighted by Gasteiger charge is 2.37.